The zero-order chi connectivity index (χ0) is 12.1. The molecule has 1 rings (SSSR count). The van der Waals surface area contributed by atoms with Crippen molar-refractivity contribution >= 4 is 17.4 Å². The van der Waals surface area contributed by atoms with Gasteiger partial charge in [0.1, 0.15) is 17.3 Å². The first-order chi connectivity index (χ1) is 7.60. The van der Waals surface area contributed by atoms with Gasteiger partial charge in [-0.3, -0.25) is 0 Å². The first-order valence-electron chi connectivity index (χ1n) is 5.86. The van der Waals surface area contributed by atoms with E-state index in [1.807, 2.05) is 0 Å². The van der Waals surface area contributed by atoms with E-state index in [-0.39, 0.29) is 0 Å². The maximum atomic E-state index is 6.04. The highest BCUT2D eigenvalue weighted by atomic mass is 35.5. The predicted octanol–water partition coefficient (Wildman–Crippen LogP) is 3.54. The second-order valence-electron chi connectivity index (χ2n) is 4.25. The molecule has 1 atom stereocenters. The van der Waals surface area contributed by atoms with Crippen molar-refractivity contribution in [3.8, 4) is 0 Å². The normalized spacial score (nSPS) is 12.9. The van der Waals surface area contributed by atoms with E-state index in [0.29, 0.717) is 17.1 Å². The van der Waals surface area contributed by atoms with Crippen molar-refractivity contribution in [1.82, 2.24) is 9.97 Å². The van der Waals surface area contributed by atoms with Gasteiger partial charge in [-0.1, -0.05) is 39.3 Å². The predicted molar refractivity (Wildman–Crippen MR) is 69.0 cm³/mol. The fourth-order valence-electron chi connectivity index (χ4n) is 1.74. The molecular weight excluding hydrogens is 222 g/mol. The average Bonchev–Trinajstić information content (AvgIpc) is 2.25. The molecule has 0 amide bonds. The molecule has 0 aromatic carbocycles. The Morgan fingerprint density at radius 2 is 2.00 bits per heavy atom. The van der Waals surface area contributed by atoms with Crippen LogP contribution in [0.25, 0.3) is 0 Å². The first kappa shape index (κ1) is 13.2. The quantitative estimate of drug-likeness (QED) is 0.802. The molecule has 1 aromatic heterocycles. The zero-order valence-corrected chi connectivity index (χ0v) is 11.2. The molecule has 3 nitrogen and oxygen atoms in total. The molecule has 1 unspecified atom stereocenters. The van der Waals surface area contributed by atoms with Crippen LogP contribution in [-0.2, 0) is 6.42 Å². The van der Waals surface area contributed by atoms with E-state index in [0.717, 1.165) is 24.2 Å². The van der Waals surface area contributed by atoms with Gasteiger partial charge in [0.15, 0.2) is 0 Å². The number of aromatic nitrogens is 2. The summed E-state index contributed by atoms with van der Waals surface area (Å²) in [6, 6.07) is 0.427. The standard InChI is InChI=1S/C12H20ClN3/c1-5-9-11(13)14-7-15-12(9)16-10(6-2)8(3)4/h7-8,10H,5-6H2,1-4H3,(H,14,15,16). The van der Waals surface area contributed by atoms with Gasteiger partial charge in [-0.25, -0.2) is 9.97 Å². The summed E-state index contributed by atoms with van der Waals surface area (Å²) in [4.78, 5) is 8.28. The Morgan fingerprint density at radius 3 is 2.50 bits per heavy atom. The number of rotatable bonds is 5. The molecule has 1 aromatic rings. The van der Waals surface area contributed by atoms with Gasteiger partial charge in [0.2, 0.25) is 0 Å². The lowest BCUT2D eigenvalue weighted by Gasteiger charge is -2.22. The maximum Gasteiger partial charge on any atom is 0.137 e. The van der Waals surface area contributed by atoms with Crippen molar-refractivity contribution in [1.29, 1.82) is 0 Å². The first-order valence-corrected chi connectivity index (χ1v) is 6.23. The molecule has 0 spiro atoms. The highest BCUT2D eigenvalue weighted by Crippen LogP contribution is 2.22. The number of hydrogen-bond acceptors (Lipinski definition) is 3. The number of hydrogen-bond donors (Lipinski definition) is 1. The van der Waals surface area contributed by atoms with E-state index in [9.17, 15) is 0 Å². The topological polar surface area (TPSA) is 37.8 Å². The van der Waals surface area contributed by atoms with Crippen LogP contribution in [0.15, 0.2) is 6.33 Å². The van der Waals surface area contributed by atoms with Crippen molar-refractivity contribution in [2.45, 2.75) is 46.6 Å². The van der Waals surface area contributed by atoms with E-state index in [1.165, 1.54) is 6.33 Å². The molecule has 0 aliphatic heterocycles. The van der Waals surface area contributed by atoms with E-state index in [2.05, 4.69) is 43.0 Å². The van der Waals surface area contributed by atoms with Gasteiger partial charge < -0.3 is 5.32 Å². The minimum Gasteiger partial charge on any atom is -0.367 e. The molecule has 1 N–H and O–H groups in total. The van der Waals surface area contributed by atoms with E-state index in [4.69, 9.17) is 11.6 Å². The third-order valence-electron chi connectivity index (χ3n) is 2.81. The van der Waals surface area contributed by atoms with Crippen LogP contribution in [0.5, 0.6) is 0 Å². The van der Waals surface area contributed by atoms with Crippen molar-refractivity contribution in [2.75, 3.05) is 5.32 Å². The Labute approximate surface area is 103 Å². The van der Waals surface area contributed by atoms with Gasteiger partial charge in [0, 0.05) is 11.6 Å². The number of anilines is 1. The van der Waals surface area contributed by atoms with E-state index < -0.39 is 0 Å². The van der Waals surface area contributed by atoms with Gasteiger partial charge in [0.05, 0.1) is 0 Å². The molecule has 0 saturated heterocycles. The molecular formula is C12H20ClN3. The molecule has 0 radical (unpaired) electrons. The molecule has 0 aliphatic carbocycles. The van der Waals surface area contributed by atoms with Crippen molar-refractivity contribution in [3.63, 3.8) is 0 Å². The monoisotopic (exact) mass is 241 g/mol. The van der Waals surface area contributed by atoms with Gasteiger partial charge in [-0.2, -0.15) is 0 Å². The van der Waals surface area contributed by atoms with E-state index >= 15 is 0 Å². The molecule has 0 saturated carbocycles. The van der Waals surface area contributed by atoms with Crippen LogP contribution < -0.4 is 5.32 Å². The summed E-state index contributed by atoms with van der Waals surface area (Å²) in [7, 11) is 0. The Balaban J connectivity index is 2.91. The zero-order valence-electron chi connectivity index (χ0n) is 10.4. The summed E-state index contributed by atoms with van der Waals surface area (Å²) < 4.78 is 0. The van der Waals surface area contributed by atoms with Crippen LogP contribution in [0.3, 0.4) is 0 Å². The highest BCUT2D eigenvalue weighted by molar-refractivity contribution is 6.30. The Morgan fingerprint density at radius 1 is 1.31 bits per heavy atom. The third kappa shape index (κ3) is 3.08. The largest absolute Gasteiger partial charge is 0.367 e. The summed E-state index contributed by atoms with van der Waals surface area (Å²) in [5, 5.41) is 4.01. The Bertz CT molecular complexity index is 339. The third-order valence-corrected chi connectivity index (χ3v) is 3.14. The number of nitrogens with zero attached hydrogens (tertiary/aromatic N) is 2. The molecule has 0 fully saturated rings. The molecule has 90 valence electrons. The fraction of sp³-hybridized carbons (Fsp3) is 0.667. The van der Waals surface area contributed by atoms with Crippen LogP contribution >= 0.6 is 11.6 Å². The SMILES string of the molecule is CCc1c(Cl)ncnc1NC(CC)C(C)C. The molecule has 4 heteroatoms. The van der Waals surface area contributed by atoms with Crippen molar-refractivity contribution < 1.29 is 0 Å². The number of nitrogens with one attached hydrogen (secondary N) is 1. The van der Waals surface area contributed by atoms with Crippen LogP contribution in [-0.4, -0.2) is 16.0 Å². The molecule has 16 heavy (non-hydrogen) atoms. The van der Waals surface area contributed by atoms with Crippen molar-refractivity contribution in [3.05, 3.63) is 17.0 Å². The van der Waals surface area contributed by atoms with Crippen LogP contribution in [0.1, 0.15) is 39.7 Å². The van der Waals surface area contributed by atoms with Gasteiger partial charge >= 0.3 is 0 Å². The maximum absolute atomic E-state index is 6.04. The summed E-state index contributed by atoms with van der Waals surface area (Å²) in [6.45, 7) is 8.64. The highest BCUT2D eigenvalue weighted by Gasteiger charge is 2.14. The summed E-state index contributed by atoms with van der Waals surface area (Å²) >= 11 is 6.04. The van der Waals surface area contributed by atoms with Crippen molar-refractivity contribution in [2.24, 2.45) is 5.92 Å². The lowest BCUT2D eigenvalue weighted by Crippen LogP contribution is -2.26. The number of halogens is 1. The minimum atomic E-state index is 0.427. The lowest BCUT2D eigenvalue weighted by atomic mass is 10.0. The minimum absolute atomic E-state index is 0.427. The molecule has 0 aliphatic rings. The van der Waals surface area contributed by atoms with Crippen LogP contribution in [0, 0.1) is 5.92 Å². The second kappa shape index (κ2) is 6.04. The van der Waals surface area contributed by atoms with Gasteiger partial charge in [0.25, 0.3) is 0 Å². The summed E-state index contributed by atoms with van der Waals surface area (Å²) in [6.07, 6.45) is 3.43. The van der Waals surface area contributed by atoms with Gasteiger partial charge in [-0.05, 0) is 18.8 Å². The Hall–Kier alpha value is -0.830. The summed E-state index contributed by atoms with van der Waals surface area (Å²) in [5.41, 5.74) is 1.00. The van der Waals surface area contributed by atoms with Crippen LogP contribution in [0.2, 0.25) is 5.15 Å². The Kier molecular flexibility index (Phi) is 5.00. The van der Waals surface area contributed by atoms with Gasteiger partial charge in [-0.15, -0.1) is 0 Å². The van der Waals surface area contributed by atoms with E-state index in [1.54, 1.807) is 0 Å². The smallest absolute Gasteiger partial charge is 0.137 e. The fourth-order valence-corrected chi connectivity index (χ4v) is 2.01. The van der Waals surface area contributed by atoms with Crippen LogP contribution in [0.4, 0.5) is 5.82 Å². The second-order valence-corrected chi connectivity index (χ2v) is 4.61. The molecule has 0 bridgehead atoms. The molecule has 1 heterocycles. The average molecular weight is 242 g/mol. The lowest BCUT2D eigenvalue weighted by molar-refractivity contribution is 0.509. The summed E-state index contributed by atoms with van der Waals surface area (Å²) in [5.74, 6) is 1.45.